The van der Waals surface area contributed by atoms with Gasteiger partial charge in [0.2, 0.25) is 13.4 Å². The molecule has 17 rings (SSSR count). The van der Waals surface area contributed by atoms with Gasteiger partial charge >= 0.3 is 0 Å². The molecule has 10 aromatic rings. The largest absolute Gasteiger partial charge is 0.310 e. The Kier molecular flexibility index (Phi) is 4.36. The zero-order valence-corrected chi connectivity index (χ0v) is 31.1. The average molecular weight is 716 g/mol. The van der Waals surface area contributed by atoms with E-state index in [2.05, 4.69) is 130 Å². The minimum absolute atomic E-state index is 0.244. The first-order chi connectivity index (χ1) is 28.2. The molecule has 4 heteroatoms. The highest BCUT2D eigenvalue weighted by atomic mass is 15.0. The second-order valence-electron chi connectivity index (χ2n) is 18.2. The van der Waals surface area contributed by atoms with E-state index in [0.717, 1.165) is 32.1 Å². The van der Waals surface area contributed by atoms with Crippen LogP contribution in [0.2, 0.25) is 0 Å². The Hall–Kier alpha value is -6.51. The van der Waals surface area contributed by atoms with E-state index in [9.17, 15) is 0 Å². The third kappa shape index (κ3) is 2.92. The van der Waals surface area contributed by atoms with Crippen molar-refractivity contribution in [2.75, 3.05) is 0 Å². The molecule has 8 heterocycles. The number of benzene rings is 8. The van der Waals surface area contributed by atoms with Gasteiger partial charge in [0.1, 0.15) is 0 Å². The fraction of sp³-hybridized carbons (Fsp3) is 0.0943. The zero-order valence-electron chi connectivity index (χ0n) is 31.1. The minimum Gasteiger partial charge on any atom is -0.310 e. The summed E-state index contributed by atoms with van der Waals surface area (Å²) in [5.74, 6) is 0. The zero-order chi connectivity index (χ0) is 36.2. The highest BCUT2D eigenvalue weighted by molar-refractivity contribution is 6.99. The maximum atomic E-state index is 2.67. The Bertz CT molecular complexity index is 3500. The Morgan fingerprint density at radius 1 is 0.316 bits per heavy atom. The fourth-order valence-electron chi connectivity index (χ4n) is 13.8. The number of fused-ring (bicyclic) bond motifs is 11. The van der Waals surface area contributed by atoms with Crippen LogP contribution in [0.4, 0.5) is 0 Å². The summed E-state index contributed by atoms with van der Waals surface area (Å²) in [4.78, 5) is 0. The lowest BCUT2D eigenvalue weighted by molar-refractivity contribution is 1.04. The predicted octanol–water partition coefficient (Wildman–Crippen LogP) is 6.73. The van der Waals surface area contributed by atoms with Crippen LogP contribution >= 0.6 is 0 Å². The maximum absolute atomic E-state index is 2.67. The van der Waals surface area contributed by atoms with Crippen molar-refractivity contribution in [3.05, 3.63) is 177 Å². The van der Waals surface area contributed by atoms with Crippen molar-refractivity contribution in [1.29, 1.82) is 0 Å². The van der Waals surface area contributed by atoms with Gasteiger partial charge in [0.05, 0.1) is 11.0 Å². The quantitative estimate of drug-likeness (QED) is 0.154. The molecule has 57 heavy (non-hydrogen) atoms. The molecule has 0 saturated carbocycles. The molecule has 0 spiro atoms. The van der Waals surface area contributed by atoms with E-state index in [4.69, 9.17) is 0 Å². The first kappa shape index (κ1) is 28.0. The number of nitrogens with zero attached hydrogens (tertiary/aromatic N) is 2. The monoisotopic (exact) mass is 716 g/mol. The lowest BCUT2D eigenvalue weighted by atomic mass is 9.32. The Balaban J connectivity index is 0.913. The average Bonchev–Trinajstić information content (AvgIpc) is 3.90. The molecule has 2 nitrogen and oxygen atoms in total. The van der Waals surface area contributed by atoms with Crippen molar-refractivity contribution in [3.63, 3.8) is 0 Å². The normalized spacial score (nSPS) is 15.6. The SMILES string of the molecule is c1cc2c3c(c1)c1cccc4c1n3-c1c(ccc3c1B4c1cc4c(cc1C3)Cc1cc3c(cc1-4)B1c4c(ccc5c4-n4c6c(cccc6c6cccc1c64)C5)C3)C2. The molecule has 6 aliphatic heterocycles. The lowest BCUT2D eigenvalue weighted by Gasteiger charge is -2.37. The summed E-state index contributed by atoms with van der Waals surface area (Å²) in [7, 11) is 0. The summed E-state index contributed by atoms with van der Waals surface area (Å²) in [5, 5.41) is 5.61. The molecule has 0 radical (unpaired) electrons. The second kappa shape index (κ2) is 8.88. The van der Waals surface area contributed by atoms with Crippen LogP contribution in [0.15, 0.2) is 121 Å². The van der Waals surface area contributed by atoms with Crippen molar-refractivity contribution >= 4 is 89.8 Å². The van der Waals surface area contributed by atoms with Crippen molar-refractivity contribution in [1.82, 2.24) is 9.13 Å². The molecule has 0 fully saturated rings. The Morgan fingerprint density at radius 3 is 1.21 bits per heavy atom. The van der Waals surface area contributed by atoms with Gasteiger partial charge in [-0.1, -0.05) is 132 Å². The molecular formula is C53H30B2N2. The lowest BCUT2D eigenvalue weighted by Crippen LogP contribution is -2.61. The molecule has 1 aliphatic carbocycles. The minimum atomic E-state index is 0.244. The molecule has 8 aromatic carbocycles. The van der Waals surface area contributed by atoms with Crippen LogP contribution in [0.25, 0.3) is 66.1 Å². The van der Waals surface area contributed by atoms with Crippen LogP contribution in [0.3, 0.4) is 0 Å². The molecule has 7 aliphatic rings. The number of aromatic nitrogens is 2. The summed E-state index contributed by atoms with van der Waals surface area (Å²) in [6, 6.07) is 48.6. The van der Waals surface area contributed by atoms with E-state index in [-0.39, 0.29) is 13.4 Å². The molecule has 0 atom stereocenters. The molecular weight excluding hydrogens is 686 g/mol. The number of hydrogen-bond donors (Lipinski definition) is 0. The molecule has 0 amide bonds. The van der Waals surface area contributed by atoms with Gasteiger partial charge in [-0.25, -0.2) is 0 Å². The summed E-state index contributed by atoms with van der Waals surface area (Å²) in [6.45, 7) is 0.489. The summed E-state index contributed by atoms with van der Waals surface area (Å²) < 4.78 is 5.34. The molecule has 2 aromatic heterocycles. The van der Waals surface area contributed by atoms with Gasteiger partial charge < -0.3 is 9.13 Å². The van der Waals surface area contributed by atoms with Gasteiger partial charge in [0.25, 0.3) is 0 Å². The second-order valence-corrected chi connectivity index (χ2v) is 18.2. The molecule has 0 unspecified atom stereocenters. The van der Waals surface area contributed by atoms with Crippen LogP contribution < -0.4 is 32.8 Å². The van der Waals surface area contributed by atoms with Crippen molar-refractivity contribution in [2.24, 2.45) is 0 Å². The van der Waals surface area contributed by atoms with Crippen molar-refractivity contribution in [3.8, 4) is 22.5 Å². The summed E-state index contributed by atoms with van der Waals surface area (Å²) >= 11 is 0. The third-order valence-electron chi connectivity index (χ3n) is 15.8. The van der Waals surface area contributed by atoms with Gasteiger partial charge in [-0.15, -0.1) is 0 Å². The Labute approximate surface area is 329 Å². The van der Waals surface area contributed by atoms with Crippen LogP contribution in [0.5, 0.6) is 0 Å². The topological polar surface area (TPSA) is 9.86 Å². The van der Waals surface area contributed by atoms with E-state index in [0.29, 0.717) is 0 Å². The van der Waals surface area contributed by atoms with E-state index in [1.807, 2.05) is 0 Å². The standard InChI is InChI=1S/C53H30B2N2/c1-5-28-19-30-15-13-26-17-34-22-32-21-33-23-35-18-27-14-16-31-20-29-6-2-8-37-39-10-4-12-43-53(39)57(49(29)37)51(31)47(27)55(43)45(35)25-41(33)40(32)24-44(34)54-42-11-3-9-38-36(7-1)48(28)56(52(38)42)50(30)46(26)54/h1-16,22-25H,17-21H2. The summed E-state index contributed by atoms with van der Waals surface area (Å²) in [5.41, 5.74) is 35.7. The molecule has 258 valence electrons. The maximum Gasteiger partial charge on any atom is 0.247 e. The van der Waals surface area contributed by atoms with Crippen molar-refractivity contribution < 1.29 is 0 Å². The molecule has 0 bridgehead atoms. The number of hydrogen-bond acceptors (Lipinski definition) is 0. The van der Waals surface area contributed by atoms with E-state index >= 15 is 0 Å². The number of para-hydroxylation sites is 4. The van der Waals surface area contributed by atoms with Crippen LogP contribution in [0.1, 0.15) is 55.6 Å². The van der Waals surface area contributed by atoms with Crippen LogP contribution in [0, 0.1) is 0 Å². The fourth-order valence-corrected chi connectivity index (χ4v) is 13.8. The molecule has 0 N–H and O–H groups in total. The van der Waals surface area contributed by atoms with Gasteiger partial charge in [-0.2, -0.15) is 0 Å². The predicted molar refractivity (Wildman–Crippen MR) is 237 cm³/mol. The highest BCUT2D eigenvalue weighted by Crippen LogP contribution is 2.45. The smallest absolute Gasteiger partial charge is 0.247 e. The van der Waals surface area contributed by atoms with Crippen molar-refractivity contribution in [2.45, 2.75) is 32.1 Å². The van der Waals surface area contributed by atoms with Gasteiger partial charge in [-0.3, -0.25) is 0 Å². The van der Waals surface area contributed by atoms with E-state index in [1.165, 1.54) is 144 Å². The van der Waals surface area contributed by atoms with Gasteiger partial charge in [0.15, 0.2) is 0 Å². The van der Waals surface area contributed by atoms with Gasteiger partial charge in [-0.05, 0) is 108 Å². The molecule has 0 saturated heterocycles. The van der Waals surface area contributed by atoms with E-state index in [1.54, 1.807) is 10.9 Å². The highest BCUT2D eigenvalue weighted by Gasteiger charge is 2.44. The Morgan fingerprint density at radius 2 is 0.719 bits per heavy atom. The third-order valence-corrected chi connectivity index (χ3v) is 15.8. The first-order valence-electron chi connectivity index (χ1n) is 21.0. The van der Waals surface area contributed by atoms with E-state index < -0.39 is 0 Å². The first-order valence-corrected chi connectivity index (χ1v) is 21.0. The van der Waals surface area contributed by atoms with Crippen LogP contribution in [-0.4, -0.2) is 22.6 Å². The number of rotatable bonds is 0. The summed E-state index contributed by atoms with van der Waals surface area (Å²) in [6.07, 6.45) is 5.06. The van der Waals surface area contributed by atoms with Crippen LogP contribution in [-0.2, 0) is 32.1 Å². The van der Waals surface area contributed by atoms with Gasteiger partial charge in [0, 0.05) is 56.8 Å².